The third kappa shape index (κ3) is 3.06. The minimum Gasteiger partial charge on any atom is -0.399 e. The first-order chi connectivity index (χ1) is 9.52. The van der Waals surface area contributed by atoms with Crippen LogP contribution in [0.15, 0.2) is 42.5 Å². The van der Waals surface area contributed by atoms with E-state index < -0.39 is 0 Å². The average molecular weight is 309 g/mol. The third-order valence-corrected chi connectivity index (χ3v) is 3.45. The molecule has 0 spiro atoms. The van der Waals surface area contributed by atoms with Gasteiger partial charge in [-0.15, -0.1) is 0 Å². The molecular weight excluding hydrogens is 295 g/mol. The highest BCUT2D eigenvalue weighted by Crippen LogP contribution is 2.25. The van der Waals surface area contributed by atoms with Gasteiger partial charge < -0.3 is 10.6 Å². The maximum Gasteiger partial charge on any atom is 0.259 e. The Morgan fingerprint density at radius 1 is 1.20 bits per heavy atom. The summed E-state index contributed by atoms with van der Waals surface area (Å²) in [5, 5.41) is 0.836. The third-order valence-electron chi connectivity index (χ3n) is 2.90. The fourth-order valence-electron chi connectivity index (χ4n) is 1.94. The van der Waals surface area contributed by atoms with Gasteiger partial charge in [0.15, 0.2) is 0 Å². The highest BCUT2D eigenvalue weighted by molar-refractivity contribution is 6.37. The van der Waals surface area contributed by atoms with Crippen LogP contribution >= 0.6 is 23.2 Å². The van der Waals surface area contributed by atoms with Crippen molar-refractivity contribution < 1.29 is 4.79 Å². The molecule has 3 nitrogen and oxygen atoms in total. The molecule has 0 bridgehead atoms. The van der Waals surface area contributed by atoms with Crippen LogP contribution in [0.25, 0.3) is 0 Å². The van der Waals surface area contributed by atoms with E-state index in [0.717, 1.165) is 5.69 Å². The lowest BCUT2D eigenvalue weighted by Crippen LogP contribution is -2.30. The normalized spacial score (nSPS) is 10.3. The lowest BCUT2D eigenvalue weighted by Gasteiger charge is -2.22. The van der Waals surface area contributed by atoms with Crippen LogP contribution in [0.1, 0.15) is 17.3 Å². The van der Waals surface area contributed by atoms with Gasteiger partial charge in [0, 0.05) is 22.9 Å². The predicted octanol–water partition coefficient (Wildman–Crippen LogP) is 4.24. The molecule has 0 atom stereocenters. The summed E-state index contributed by atoms with van der Waals surface area (Å²) < 4.78 is 0. The topological polar surface area (TPSA) is 46.3 Å². The van der Waals surface area contributed by atoms with E-state index in [2.05, 4.69) is 0 Å². The van der Waals surface area contributed by atoms with Crippen LogP contribution in [0.3, 0.4) is 0 Å². The highest BCUT2D eigenvalue weighted by atomic mass is 35.5. The number of amides is 1. The van der Waals surface area contributed by atoms with Gasteiger partial charge >= 0.3 is 0 Å². The van der Waals surface area contributed by atoms with E-state index in [1.807, 2.05) is 19.1 Å². The van der Waals surface area contributed by atoms with Crippen molar-refractivity contribution in [3.8, 4) is 0 Å². The fourth-order valence-corrected chi connectivity index (χ4v) is 2.43. The van der Waals surface area contributed by atoms with Crippen molar-refractivity contribution in [2.75, 3.05) is 17.2 Å². The van der Waals surface area contributed by atoms with Crippen LogP contribution in [0.2, 0.25) is 10.0 Å². The largest absolute Gasteiger partial charge is 0.399 e. The van der Waals surface area contributed by atoms with Crippen molar-refractivity contribution in [1.82, 2.24) is 0 Å². The quantitative estimate of drug-likeness (QED) is 0.862. The molecule has 1 amide bonds. The van der Waals surface area contributed by atoms with Gasteiger partial charge in [0.1, 0.15) is 0 Å². The molecule has 0 aromatic heterocycles. The van der Waals surface area contributed by atoms with Crippen molar-refractivity contribution in [2.45, 2.75) is 6.92 Å². The van der Waals surface area contributed by atoms with Crippen LogP contribution in [0.5, 0.6) is 0 Å². The molecule has 104 valence electrons. The number of rotatable bonds is 3. The van der Waals surface area contributed by atoms with E-state index in [1.54, 1.807) is 35.2 Å². The fraction of sp³-hybridized carbons (Fsp3) is 0.133. The van der Waals surface area contributed by atoms with E-state index in [4.69, 9.17) is 28.9 Å². The van der Waals surface area contributed by atoms with E-state index in [-0.39, 0.29) is 5.91 Å². The smallest absolute Gasteiger partial charge is 0.259 e. The Bertz CT molecular complexity index is 644. The second kappa shape index (κ2) is 6.16. The minimum atomic E-state index is -0.181. The van der Waals surface area contributed by atoms with Crippen LogP contribution < -0.4 is 10.6 Å². The standard InChI is InChI=1S/C15H14Cl2N2O/c1-2-19(12-5-3-4-11(18)9-12)15(20)13-7-6-10(16)8-14(13)17/h3-9H,2,18H2,1H3. The molecule has 0 saturated heterocycles. The van der Waals surface area contributed by atoms with Gasteiger partial charge in [0.2, 0.25) is 0 Å². The average Bonchev–Trinajstić information content (AvgIpc) is 2.39. The summed E-state index contributed by atoms with van der Waals surface area (Å²) in [7, 11) is 0. The summed E-state index contributed by atoms with van der Waals surface area (Å²) >= 11 is 11.9. The van der Waals surface area contributed by atoms with Gasteiger partial charge in [-0.25, -0.2) is 0 Å². The Kier molecular flexibility index (Phi) is 4.53. The number of hydrogen-bond donors (Lipinski definition) is 1. The van der Waals surface area contributed by atoms with Crippen molar-refractivity contribution in [2.24, 2.45) is 0 Å². The number of anilines is 2. The van der Waals surface area contributed by atoms with E-state index in [9.17, 15) is 4.79 Å². The summed E-state index contributed by atoms with van der Waals surface area (Å²) in [5.41, 5.74) is 7.52. The Morgan fingerprint density at radius 3 is 2.55 bits per heavy atom. The van der Waals surface area contributed by atoms with Gasteiger partial charge in [0.05, 0.1) is 10.6 Å². The molecule has 2 N–H and O–H groups in total. The minimum absolute atomic E-state index is 0.181. The maximum absolute atomic E-state index is 12.6. The van der Waals surface area contributed by atoms with E-state index in [1.165, 1.54) is 0 Å². The molecule has 2 rings (SSSR count). The monoisotopic (exact) mass is 308 g/mol. The first-order valence-electron chi connectivity index (χ1n) is 6.15. The molecule has 0 heterocycles. The Hall–Kier alpha value is -1.71. The molecule has 2 aromatic rings. The van der Waals surface area contributed by atoms with Crippen LogP contribution in [0, 0.1) is 0 Å². The molecule has 0 aliphatic rings. The molecule has 5 heteroatoms. The first kappa shape index (κ1) is 14.7. The van der Waals surface area contributed by atoms with Crippen LogP contribution in [-0.4, -0.2) is 12.5 Å². The number of carbonyl (C=O) groups excluding carboxylic acids is 1. The zero-order chi connectivity index (χ0) is 14.7. The molecule has 0 aliphatic carbocycles. The Morgan fingerprint density at radius 2 is 1.95 bits per heavy atom. The molecule has 0 saturated carbocycles. The zero-order valence-corrected chi connectivity index (χ0v) is 12.4. The number of halogens is 2. The number of hydrogen-bond acceptors (Lipinski definition) is 2. The first-order valence-corrected chi connectivity index (χ1v) is 6.91. The highest BCUT2D eigenvalue weighted by Gasteiger charge is 2.19. The van der Waals surface area contributed by atoms with Crippen molar-refractivity contribution in [1.29, 1.82) is 0 Å². The molecular formula is C15H14Cl2N2O. The van der Waals surface area contributed by atoms with Gasteiger partial charge in [-0.05, 0) is 43.3 Å². The second-order valence-electron chi connectivity index (χ2n) is 4.27. The molecule has 0 fully saturated rings. The number of nitrogen functional groups attached to an aromatic ring is 1. The summed E-state index contributed by atoms with van der Waals surface area (Å²) in [6.45, 7) is 2.41. The summed E-state index contributed by atoms with van der Waals surface area (Å²) in [4.78, 5) is 14.2. The second-order valence-corrected chi connectivity index (χ2v) is 5.11. The maximum atomic E-state index is 12.6. The van der Waals surface area contributed by atoms with Crippen molar-refractivity contribution in [3.63, 3.8) is 0 Å². The van der Waals surface area contributed by atoms with Gasteiger partial charge in [-0.1, -0.05) is 29.3 Å². The molecule has 2 aromatic carbocycles. The molecule has 0 radical (unpaired) electrons. The SMILES string of the molecule is CCN(C(=O)c1ccc(Cl)cc1Cl)c1cccc(N)c1. The summed E-state index contributed by atoms with van der Waals surface area (Å²) in [6, 6.07) is 12.0. The predicted molar refractivity (Wildman–Crippen MR) is 84.7 cm³/mol. The summed E-state index contributed by atoms with van der Waals surface area (Å²) in [6.07, 6.45) is 0. The molecule has 0 unspecified atom stereocenters. The number of benzene rings is 2. The van der Waals surface area contributed by atoms with E-state index in [0.29, 0.717) is 27.8 Å². The number of carbonyl (C=O) groups is 1. The lowest BCUT2D eigenvalue weighted by molar-refractivity contribution is 0.0988. The zero-order valence-electron chi connectivity index (χ0n) is 10.9. The van der Waals surface area contributed by atoms with Gasteiger partial charge in [-0.2, -0.15) is 0 Å². The lowest BCUT2D eigenvalue weighted by atomic mass is 10.1. The van der Waals surface area contributed by atoms with Crippen molar-refractivity contribution in [3.05, 3.63) is 58.1 Å². The summed E-state index contributed by atoms with van der Waals surface area (Å²) in [5.74, 6) is -0.181. The van der Waals surface area contributed by atoms with Gasteiger partial charge in [0.25, 0.3) is 5.91 Å². The molecule has 20 heavy (non-hydrogen) atoms. The number of nitrogens with zero attached hydrogens (tertiary/aromatic N) is 1. The Balaban J connectivity index is 2.39. The van der Waals surface area contributed by atoms with Crippen LogP contribution in [0.4, 0.5) is 11.4 Å². The molecule has 0 aliphatic heterocycles. The van der Waals surface area contributed by atoms with Gasteiger partial charge in [-0.3, -0.25) is 4.79 Å². The number of nitrogens with two attached hydrogens (primary N) is 1. The van der Waals surface area contributed by atoms with Crippen molar-refractivity contribution >= 4 is 40.5 Å². The van der Waals surface area contributed by atoms with E-state index >= 15 is 0 Å². The van der Waals surface area contributed by atoms with Crippen LogP contribution in [-0.2, 0) is 0 Å². The Labute approximate surface area is 127 Å².